The summed E-state index contributed by atoms with van der Waals surface area (Å²) in [5.74, 6) is 1.74. The van der Waals surface area contributed by atoms with Crippen molar-refractivity contribution < 1.29 is 13.2 Å². The van der Waals surface area contributed by atoms with Crippen molar-refractivity contribution in [3.05, 3.63) is 91.0 Å². The highest BCUT2D eigenvalue weighted by Crippen LogP contribution is 2.19. The number of hydrogen-bond acceptors (Lipinski definition) is 3. The molecule has 3 rings (SSSR count). The zero-order valence-corrected chi connectivity index (χ0v) is 13.2. The Hall–Kier alpha value is -2.63. The van der Waals surface area contributed by atoms with E-state index in [1.165, 1.54) is 12.1 Å². The second kappa shape index (κ2) is 8.12. The third-order valence-electron chi connectivity index (χ3n) is 2.79. The van der Waals surface area contributed by atoms with Crippen molar-refractivity contribution in [1.82, 2.24) is 0 Å². The number of ether oxygens (including phenoxy) is 1. The maximum Gasteiger partial charge on any atom is 0.238 e. The molecule has 0 aromatic heterocycles. The molecular weight excluding hydrogens is 310 g/mol. The fraction of sp³-hybridized carbons (Fsp3) is 0. The van der Waals surface area contributed by atoms with Gasteiger partial charge in [-0.25, -0.2) is 13.6 Å². The van der Waals surface area contributed by atoms with E-state index in [2.05, 4.69) is 0 Å². The third-order valence-corrected chi connectivity index (χ3v) is 3.72. The number of primary sulfonamides is 1. The number of para-hydroxylation sites is 2. The van der Waals surface area contributed by atoms with E-state index >= 15 is 0 Å². The summed E-state index contributed by atoms with van der Waals surface area (Å²) in [6, 6.07) is 27.4. The summed E-state index contributed by atoms with van der Waals surface area (Å²) in [5, 5.41) is 4.83. The van der Waals surface area contributed by atoms with Gasteiger partial charge in [0.25, 0.3) is 0 Å². The Bertz CT molecular complexity index is 767. The van der Waals surface area contributed by atoms with E-state index in [1.807, 2.05) is 60.7 Å². The summed E-state index contributed by atoms with van der Waals surface area (Å²) in [4.78, 5) is 0.148. The van der Waals surface area contributed by atoms with Gasteiger partial charge >= 0.3 is 0 Å². The number of benzene rings is 3. The average Bonchev–Trinajstić information content (AvgIpc) is 2.57. The van der Waals surface area contributed by atoms with Crippen molar-refractivity contribution >= 4 is 10.0 Å². The molecular formula is C18H17NO3S. The fourth-order valence-corrected chi connectivity index (χ4v) is 2.26. The predicted molar refractivity (Wildman–Crippen MR) is 90.8 cm³/mol. The second-order valence-corrected chi connectivity index (χ2v) is 6.15. The minimum absolute atomic E-state index is 0.148. The molecule has 4 nitrogen and oxygen atoms in total. The second-order valence-electron chi connectivity index (χ2n) is 4.59. The molecule has 0 aliphatic carbocycles. The molecule has 0 saturated heterocycles. The van der Waals surface area contributed by atoms with Crippen LogP contribution in [0.5, 0.6) is 11.5 Å². The van der Waals surface area contributed by atoms with Crippen molar-refractivity contribution in [2.24, 2.45) is 5.14 Å². The van der Waals surface area contributed by atoms with Gasteiger partial charge in [-0.2, -0.15) is 0 Å². The Morgan fingerprint density at radius 3 is 1.26 bits per heavy atom. The number of nitrogens with two attached hydrogens (primary N) is 1. The predicted octanol–water partition coefficient (Wildman–Crippen LogP) is 3.81. The lowest BCUT2D eigenvalue weighted by molar-refractivity contribution is 0.482. The first-order chi connectivity index (χ1) is 11.1. The van der Waals surface area contributed by atoms with E-state index in [9.17, 15) is 8.42 Å². The van der Waals surface area contributed by atoms with Crippen molar-refractivity contribution in [3.8, 4) is 11.5 Å². The molecule has 2 N–H and O–H groups in total. The summed E-state index contributed by atoms with van der Waals surface area (Å²) < 4.78 is 26.8. The lowest BCUT2D eigenvalue weighted by atomic mass is 10.3. The molecule has 0 fully saturated rings. The lowest BCUT2D eigenvalue weighted by Crippen LogP contribution is -2.11. The highest BCUT2D eigenvalue weighted by Gasteiger charge is 2.03. The van der Waals surface area contributed by atoms with Crippen molar-refractivity contribution in [2.75, 3.05) is 0 Å². The van der Waals surface area contributed by atoms with E-state index in [-0.39, 0.29) is 4.90 Å². The van der Waals surface area contributed by atoms with E-state index in [0.29, 0.717) is 0 Å². The van der Waals surface area contributed by atoms with Gasteiger partial charge in [0, 0.05) is 0 Å². The van der Waals surface area contributed by atoms with E-state index in [4.69, 9.17) is 9.88 Å². The van der Waals surface area contributed by atoms with Gasteiger partial charge in [-0.05, 0) is 36.4 Å². The highest BCUT2D eigenvalue weighted by molar-refractivity contribution is 7.89. The first kappa shape index (κ1) is 16.7. The van der Waals surface area contributed by atoms with Crippen LogP contribution >= 0.6 is 0 Å². The van der Waals surface area contributed by atoms with Crippen molar-refractivity contribution in [3.63, 3.8) is 0 Å². The van der Waals surface area contributed by atoms with Gasteiger partial charge in [-0.3, -0.25) is 0 Å². The minimum Gasteiger partial charge on any atom is -0.457 e. The Kier molecular flexibility index (Phi) is 5.91. The Balaban J connectivity index is 0.000000174. The average molecular weight is 327 g/mol. The standard InChI is InChI=1S/C12H10O.C6H7NO2S/c1-3-7-11(8-4-1)13-12-9-5-2-6-10-12;7-10(8,9)6-4-2-1-3-5-6/h1-10H;1-5H,(H2,7,8,9). The molecule has 0 heterocycles. The molecule has 0 atom stereocenters. The molecule has 0 aliphatic heterocycles. The molecule has 0 unspecified atom stereocenters. The molecule has 0 amide bonds. The Morgan fingerprint density at radius 1 is 0.609 bits per heavy atom. The highest BCUT2D eigenvalue weighted by atomic mass is 32.2. The summed E-state index contributed by atoms with van der Waals surface area (Å²) in [5.41, 5.74) is 0. The van der Waals surface area contributed by atoms with Crippen LogP contribution < -0.4 is 9.88 Å². The maximum atomic E-state index is 10.6. The molecule has 118 valence electrons. The summed E-state index contributed by atoms with van der Waals surface area (Å²) in [7, 11) is -3.50. The molecule has 0 spiro atoms. The van der Waals surface area contributed by atoms with Gasteiger partial charge in [-0.1, -0.05) is 54.6 Å². The van der Waals surface area contributed by atoms with E-state index in [0.717, 1.165) is 11.5 Å². The molecule has 0 saturated carbocycles. The maximum absolute atomic E-state index is 10.6. The summed E-state index contributed by atoms with van der Waals surface area (Å²) in [6.07, 6.45) is 0. The van der Waals surface area contributed by atoms with Gasteiger partial charge in [0.2, 0.25) is 10.0 Å². The van der Waals surface area contributed by atoms with Crippen LogP contribution in [-0.2, 0) is 10.0 Å². The largest absolute Gasteiger partial charge is 0.457 e. The smallest absolute Gasteiger partial charge is 0.238 e. The van der Waals surface area contributed by atoms with Crippen LogP contribution in [0.15, 0.2) is 95.9 Å². The third kappa shape index (κ3) is 5.94. The van der Waals surface area contributed by atoms with Crippen LogP contribution in [0.3, 0.4) is 0 Å². The number of hydrogen-bond donors (Lipinski definition) is 1. The fourth-order valence-electron chi connectivity index (χ4n) is 1.72. The first-order valence-electron chi connectivity index (χ1n) is 6.91. The minimum atomic E-state index is -3.50. The topological polar surface area (TPSA) is 69.4 Å². The van der Waals surface area contributed by atoms with Crippen LogP contribution in [0.4, 0.5) is 0 Å². The van der Waals surface area contributed by atoms with E-state index < -0.39 is 10.0 Å². The van der Waals surface area contributed by atoms with Crippen molar-refractivity contribution in [1.29, 1.82) is 0 Å². The van der Waals surface area contributed by atoms with Crippen LogP contribution in [0.1, 0.15) is 0 Å². The van der Waals surface area contributed by atoms with Crippen LogP contribution in [-0.4, -0.2) is 8.42 Å². The van der Waals surface area contributed by atoms with E-state index in [1.54, 1.807) is 18.2 Å². The molecule has 0 aliphatic rings. The van der Waals surface area contributed by atoms with Gasteiger partial charge in [0.15, 0.2) is 0 Å². The van der Waals surface area contributed by atoms with Crippen molar-refractivity contribution in [2.45, 2.75) is 4.90 Å². The van der Waals surface area contributed by atoms with Crippen LogP contribution in [0.2, 0.25) is 0 Å². The molecule has 3 aromatic rings. The van der Waals surface area contributed by atoms with Gasteiger partial charge < -0.3 is 4.74 Å². The molecule has 23 heavy (non-hydrogen) atoms. The molecule has 0 radical (unpaired) electrons. The molecule has 5 heteroatoms. The first-order valence-corrected chi connectivity index (χ1v) is 8.46. The Labute approximate surface area is 136 Å². The van der Waals surface area contributed by atoms with Crippen LogP contribution in [0.25, 0.3) is 0 Å². The number of sulfonamides is 1. The normalized spacial score (nSPS) is 10.3. The molecule has 3 aromatic carbocycles. The summed E-state index contributed by atoms with van der Waals surface area (Å²) >= 11 is 0. The zero-order valence-electron chi connectivity index (χ0n) is 12.4. The Morgan fingerprint density at radius 2 is 0.957 bits per heavy atom. The summed E-state index contributed by atoms with van der Waals surface area (Å²) in [6.45, 7) is 0. The number of rotatable bonds is 3. The molecule has 0 bridgehead atoms. The monoisotopic (exact) mass is 327 g/mol. The van der Waals surface area contributed by atoms with Gasteiger partial charge in [0.05, 0.1) is 4.90 Å². The van der Waals surface area contributed by atoms with Crippen LogP contribution in [0, 0.1) is 0 Å². The van der Waals surface area contributed by atoms with Gasteiger partial charge in [-0.15, -0.1) is 0 Å². The zero-order chi connectivity index (χ0) is 16.5. The quantitative estimate of drug-likeness (QED) is 0.795. The lowest BCUT2D eigenvalue weighted by Gasteiger charge is -2.03. The van der Waals surface area contributed by atoms with Gasteiger partial charge in [0.1, 0.15) is 11.5 Å². The SMILES string of the molecule is NS(=O)(=O)c1ccccc1.c1ccc(Oc2ccccc2)cc1.